The van der Waals surface area contributed by atoms with E-state index in [1.807, 2.05) is 30.3 Å². The maximum absolute atomic E-state index is 12.1. The molecule has 0 radical (unpaired) electrons. The van der Waals surface area contributed by atoms with Crippen LogP contribution in [-0.2, 0) is 25.7 Å². The molecule has 0 atom stereocenters. The molecule has 0 saturated carbocycles. The summed E-state index contributed by atoms with van der Waals surface area (Å²) in [6, 6.07) is 9.43. The van der Waals surface area contributed by atoms with Gasteiger partial charge in [-0.2, -0.15) is 0 Å². The molecule has 1 aromatic carbocycles. The van der Waals surface area contributed by atoms with Crippen LogP contribution >= 0.6 is 0 Å². The fraction of sp³-hybridized carbons (Fsp3) is 0.529. The highest BCUT2D eigenvalue weighted by Gasteiger charge is 2.35. The Morgan fingerprint density at radius 3 is 2.10 bits per heavy atom. The number of carbonyl (C=O) groups is 2. The van der Waals surface area contributed by atoms with Crippen LogP contribution in [0.2, 0.25) is 0 Å². The van der Waals surface area contributed by atoms with Crippen LogP contribution in [0.3, 0.4) is 0 Å². The van der Waals surface area contributed by atoms with Crippen molar-refractivity contribution in [2.75, 3.05) is 0 Å². The first-order chi connectivity index (χ1) is 9.60. The predicted octanol–water partition coefficient (Wildman–Crippen LogP) is 3.49. The largest absolute Gasteiger partial charge is 0.461 e. The minimum Gasteiger partial charge on any atom is -0.461 e. The van der Waals surface area contributed by atoms with Crippen LogP contribution in [0.1, 0.15) is 46.6 Å². The maximum Gasteiger partial charge on any atom is 0.312 e. The van der Waals surface area contributed by atoms with Crippen molar-refractivity contribution in [3.05, 3.63) is 35.9 Å². The second kappa shape index (κ2) is 6.74. The lowest BCUT2D eigenvalue weighted by Crippen LogP contribution is -2.35. The molecule has 1 aromatic rings. The van der Waals surface area contributed by atoms with Crippen LogP contribution in [0.15, 0.2) is 30.3 Å². The van der Waals surface area contributed by atoms with Gasteiger partial charge in [-0.25, -0.2) is 0 Å². The summed E-state index contributed by atoms with van der Waals surface area (Å²) in [5, 5.41) is 0. The van der Waals surface area contributed by atoms with Crippen LogP contribution in [0.25, 0.3) is 0 Å². The summed E-state index contributed by atoms with van der Waals surface area (Å²) in [5.41, 5.74) is -0.551. The van der Waals surface area contributed by atoms with Gasteiger partial charge in [0.25, 0.3) is 0 Å². The van der Waals surface area contributed by atoms with E-state index < -0.39 is 23.0 Å². The van der Waals surface area contributed by atoms with Crippen LogP contribution in [0.5, 0.6) is 0 Å². The number of ether oxygens (including phenoxy) is 2. The number of hydrogen-bond donors (Lipinski definition) is 0. The quantitative estimate of drug-likeness (QED) is 0.780. The first-order valence-electron chi connectivity index (χ1n) is 7.03. The monoisotopic (exact) mass is 292 g/mol. The first-order valence-corrected chi connectivity index (χ1v) is 7.03. The number of rotatable bonds is 5. The van der Waals surface area contributed by atoms with Crippen LogP contribution < -0.4 is 0 Å². The lowest BCUT2D eigenvalue weighted by Gasteiger charge is -2.27. The standard InChI is InChI=1S/C17H24O4/c1-16(2,3)21-15(19)17(4,5)11-14(18)20-12-13-9-7-6-8-10-13/h6-10H,11-12H2,1-5H3. The van der Waals surface area contributed by atoms with E-state index in [1.165, 1.54) is 0 Å². The zero-order chi connectivity index (χ0) is 16.1. The third kappa shape index (κ3) is 6.43. The fourth-order valence-electron chi connectivity index (χ4n) is 1.64. The van der Waals surface area contributed by atoms with Crippen molar-refractivity contribution in [3.63, 3.8) is 0 Å². The zero-order valence-electron chi connectivity index (χ0n) is 13.4. The van der Waals surface area contributed by atoms with E-state index in [4.69, 9.17) is 9.47 Å². The Morgan fingerprint density at radius 2 is 1.57 bits per heavy atom. The lowest BCUT2D eigenvalue weighted by molar-refractivity contribution is -0.170. The SMILES string of the molecule is CC(C)(C)OC(=O)C(C)(C)CC(=O)OCc1ccccc1. The Hall–Kier alpha value is -1.84. The highest BCUT2D eigenvalue weighted by atomic mass is 16.6. The maximum atomic E-state index is 12.1. The van der Waals surface area contributed by atoms with Crippen molar-refractivity contribution in [2.24, 2.45) is 5.41 Å². The molecule has 4 heteroatoms. The molecule has 0 aliphatic carbocycles. The number of carbonyl (C=O) groups excluding carboxylic acids is 2. The summed E-state index contributed by atoms with van der Waals surface area (Å²) >= 11 is 0. The molecular formula is C17H24O4. The van der Waals surface area contributed by atoms with Crippen molar-refractivity contribution in [3.8, 4) is 0 Å². The van der Waals surface area contributed by atoms with Gasteiger partial charge in [0.1, 0.15) is 12.2 Å². The molecule has 0 aliphatic heterocycles. The van der Waals surface area contributed by atoms with E-state index in [0.717, 1.165) is 5.56 Å². The summed E-state index contributed by atoms with van der Waals surface area (Å²) in [4.78, 5) is 23.9. The van der Waals surface area contributed by atoms with Gasteiger partial charge < -0.3 is 9.47 Å². The molecule has 0 heterocycles. The molecule has 0 amide bonds. The van der Waals surface area contributed by atoms with Gasteiger partial charge in [0.15, 0.2) is 0 Å². The molecule has 0 saturated heterocycles. The predicted molar refractivity (Wildman–Crippen MR) is 80.5 cm³/mol. The fourth-order valence-corrected chi connectivity index (χ4v) is 1.64. The van der Waals surface area contributed by atoms with Gasteiger partial charge in [0.2, 0.25) is 0 Å². The molecule has 1 rings (SSSR count). The minimum absolute atomic E-state index is 0.00521. The highest BCUT2D eigenvalue weighted by molar-refractivity contribution is 5.83. The van der Waals surface area contributed by atoms with E-state index >= 15 is 0 Å². The Morgan fingerprint density at radius 1 is 1.00 bits per heavy atom. The third-order valence-corrected chi connectivity index (χ3v) is 2.78. The molecule has 4 nitrogen and oxygen atoms in total. The number of esters is 2. The van der Waals surface area contributed by atoms with Gasteiger partial charge in [-0.1, -0.05) is 30.3 Å². The van der Waals surface area contributed by atoms with Crippen molar-refractivity contribution >= 4 is 11.9 Å². The van der Waals surface area contributed by atoms with Gasteiger partial charge >= 0.3 is 11.9 Å². The molecule has 0 fully saturated rings. The Kier molecular flexibility index (Phi) is 5.53. The molecule has 0 N–H and O–H groups in total. The zero-order valence-corrected chi connectivity index (χ0v) is 13.4. The average molecular weight is 292 g/mol. The second-order valence-corrected chi connectivity index (χ2v) is 6.71. The van der Waals surface area contributed by atoms with Crippen molar-refractivity contribution in [1.29, 1.82) is 0 Å². The van der Waals surface area contributed by atoms with E-state index in [-0.39, 0.29) is 13.0 Å². The summed E-state index contributed by atoms with van der Waals surface area (Å²) in [7, 11) is 0. The van der Waals surface area contributed by atoms with Crippen LogP contribution in [0, 0.1) is 5.41 Å². The van der Waals surface area contributed by atoms with Crippen molar-refractivity contribution in [2.45, 2.75) is 53.2 Å². The topological polar surface area (TPSA) is 52.6 Å². The van der Waals surface area contributed by atoms with E-state index in [9.17, 15) is 9.59 Å². The smallest absolute Gasteiger partial charge is 0.312 e. The molecule has 0 spiro atoms. The number of hydrogen-bond acceptors (Lipinski definition) is 4. The molecule has 21 heavy (non-hydrogen) atoms. The molecule has 0 aromatic heterocycles. The molecule has 0 bridgehead atoms. The summed E-state index contributed by atoms with van der Waals surface area (Å²) in [6.45, 7) is 8.98. The molecule has 0 unspecified atom stereocenters. The van der Waals surface area contributed by atoms with Crippen LogP contribution in [-0.4, -0.2) is 17.5 Å². The summed E-state index contributed by atoms with van der Waals surface area (Å²) < 4.78 is 10.5. The second-order valence-electron chi connectivity index (χ2n) is 6.71. The molecule has 0 aliphatic rings. The summed E-state index contributed by atoms with van der Waals surface area (Å²) in [5.74, 6) is -0.804. The van der Waals surface area contributed by atoms with Gasteiger partial charge in [0, 0.05) is 0 Å². The normalized spacial score (nSPS) is 11.9. The van der Waals surface area contributed by atoms with Gasteiger partial charge in [0.05, 0.1) is 11.8 Å². The van der Waals surface area contributed by atoms with E-state index in [0.29, 0.717) is 0 Å². The van der Waals surface area contributed by atoms with E-state index in [1.54, 1.807) is 34.6 Å². The molecular weight excluding hydrogens is 268 g/mol. The first kappa shape index (κ1) is 17.2. The van der Waals surface area contributed by atoms with Crippen LogP contribution in [0.4, 0.5) is 0 Å². The van der Waals surface area contributed by atoms with Crippen molar-refractivity contribution < 1.29 is 19.1 Å². The Balaban J connectivity index is 2.50. The van der Waals surface area contributed by atoms with Crippen molar-refractivity contribution in [1.82, 2.24) is 0 Å². The third-order valence-electron chi connectivity index (χ3n) is 2.78. The minimum atomic E-state index is -0.902. The lowest BCUT2D eigenvalue weighted by atomic mass is 9.89. The Bertz CT molecular complexity index is 483. The van der Waals surface area contributed by atoms with E-state index in [2.05, 4.69) is 0 Å². The average Bonchev–Trinajstić information content (AvgIpc) is 2.35. The van der Waals surface area contributed by atoms with Gasteiger partial charge in [-0.15, -0.1) is 0 Å². The Labute approximate surface area is 126 Å². The van der Waals surface area contributed by atoms with Gasteiger partial charge in [-0.05, 0) is 40.2 Å². The highest BCUT2D eigenvalue weighted by Crippen LogP contribution is 2.26. The van der Waals surface area contributed by atoms with Gasteiger partial charge in [-0.3, -0.25) is 9.59 Å². The molecule has 116 valence electrons. The summed E-state index contributed by atoms with van der Waals surface area (Å²) in [6.07, 6.45) is -0.00521. The number of benzene rings is 1.